The zero-order valence-electron chi connectivity index (χ0n) is 13.5. The van der Waals surface area contributed by atoms with Crippen molar-refractivity contribution in [3.63, 3.8) is 0 Å². The van der Waals surface area contributed by atoms with Gasteiger partial charge in [-0.25, -0.2) is 5.43 Å². The van der Waals surface area contributed by atoms with E-state index in [-0.39, 0.29) is 28.4 Å². The van der Waals surface area contributed by atoms with Gasteiger partial charge in [-0.2, -0.15) is 5.10 Å². The van der Waals surface area contributed by atoms with Crippen LogP contribution in [0.2, 0.25) is 15.1 Å². The fraction of sp³-hybridized carbons (Fsp3) is 0.0556. The predicted octanol–water partition coefficient (Wildman–Crippen LogP) is 4.28. The third-order valence-electron chi connectivity index (χ3n) is 3.43. The van der Waals surface area contributed by atoms with E-state index >= 15 is 0 Å². The molecule has 1 heterocycles. The van der Waals surface area contributed by atoms with Crippen molar-refractivity contribution in [2.75, 3.05) is 6.61 Å². The van der Waals surface area contributed by atoms with Crippen molar-refractivity contribution in [1.82, 2.24) is 5.43 Å². The van der Waals surface area contributed by atoms with Crippen molar-refractivity contribution in [3.05, 3.63) is 73.5 Å². The first-order valence-electron chi connectivity index (χ1n) is 7.55. The summed E-state index contributed by atoms with van der Waals surface area (Å²) in [5.74, 6) is -0.272. The first kappa shape index (κ1) is 19.2. The van der Waals surface area contributed by atoms with Gasteiger partial charge in [0.05, 0.1) is 22.2 Å². The van der Waals surface area contributed by atoms with Gasteiger partial charge in [0.2, 0.25) is 5.43 Å². The summed E-state index contributed by atoms with van der Waals surface area (Å²) in [6.07, 6.45) is 2.42. The Balaban J connectivity index is 1.64. The number of nitrogens with one attached hydrogen (secondary N) is 1. The summed E-state index contributed by atoms with van der Waals surface area (Å²) >= 11 is 17.7. The summed E-state index contributed by atoms with van der Waals surface area (Å²) in [6.45, 7) is -0.334. The van der Waals surface area contributed by atoms with Crippen LogP contribution in [0.25, 0.3) is 11.0 Å². The number of rotatable bonds is 5. The second kappa shape index (κ2) is 8.43. The Bertz CT molecular complexity index is 1100. The molecule has 0 aliphatic rings. The molecule has 0 unspecified atom stereocenters. The highest BCUT2D eigenvalue weighted by molar-refractivity contribution is 6.42. The van der Waals surface area contributed by atoms with Gasteiger partial charge in [-0.05, 0) is 30.3 Å². The average Bonchev–Trinajstić information content (AvgIpc) is 2.65. The quantitative estimate of drug-likeness (QED) is 0.488. The maximum atomic E-state index is 12.4. The summed E-state index contributed by atoms with van der Waals surface area (Å²) < 4.78 is 10.6. The van der Waals surface area contributed by atoms with E-state index in [9.17, 15) is 9.59 Å². The van der Waals surface area contributed by atoms with Crippen molar-refractivity contribution in [2.24, 2.45) is 5.10 Å². The summed E-state index contributed by atoms with van der Waals surface area (Å²) in [5.41, 5.74) is 2.48. The lowest BCUT2D eigenvalue weighted by Gasteiger charge is -2.07. The molecular formula is C18H11Cl3N2O4. The second-order valence-corrected chi connectivity index (χ2v) is 6.52. The molecule has 1 aromatic heterocycles. The molecule has 0 spiro atoms. The molecule has 0 saturated heterocycles. The molecule has 3 aromatic rings. The van der Waals surface area contributed by atoms with Crippen molar-refractivity contribution in [1.29, 1.82) is 0 Å². The monoisotopic (exact) mass is 424 g/mol. The summed E-state index contributed by atoms with van der Waals surface area (Å²) in [7, 11) is 0. The molecular weight excluding hydrogens is 415 g/mol. The van der Waals surface area contributed by atoms with Crippen LogP contribution in [0.1, 0.15) is 5.56 Å². The highest BCUT2D eigenvalue weighted by Gasteiger charge is 2.09. The van der Waals surface area contributed by atoms with Gasteiger partial charge in [-0.15, -0.1) is 0 Å². The number of hydrazone groups is 1. The molecule has 0 aliphatic carbocycles. The fourth-order valence-corrected chi connectivity index (χ4v) is 2.67. The SMILES string of the molecule is O=C(COc1cccc(Cl)c1Cl)N/N=C\c1coc2ccc(Cl)cc2c1=O. The van der Waals surface area contributed by atoms with Crippen LogP contribution in [0, 0.1) is 0 Å². The number of nitrogens with zero attached hydrogens (tertiary/aromatic N) is 1. The van der Waals surface area contributed by atoms with Gasteiger partial charge in [-0.3, -0.25) is 9.59 Å². The molecule has 1 N–H and O–H groups in total. The molecule has 3 rings (SSSR count). The number of hydrogen-bond donors (Lipinski definition) is 1. The van der Waals surface area contributed by atoms with E-state index < -0.39 is 5.91 Å². The first-order valence-corrected chi connectivity index (χ1v) is 8.69. The first-order chi connectivity index (χ1) is 13.0. The number of amides is 1. The molecule has 0 atom stereocenters. The topological polar surface area (TPSA) is 80.9 Å². The minimum atomic E-state index is -0.546. The molecule has 9 heteroatoms. The van der Waals surface area contributed by atoms with Gasteiger partial charge >= 0.3 is 0 Å². The number of ether oxygens (including phenoxy) is 1. The van der Waals surface area contributed by atoms with E-state index in [0.29, 0.717) is 21.0 Å². The van der Waals surface area contributed by atoms with Crippen molar-refractivity contribution >= 4 is 57.9 Å². The van der Waals surface area contributed by atoms with E-state index in [4.69, 9.17) is 44.0 Å². The number of carbonyl (C=O) groups is 1. The third-order valence-corrected chi connectivity index (χ3v) is 4.47. The van der Waals surface area contributed by atoms with Crippen LogP contribution in [0.5, 0.6) is 5.75 Å². The standard InChI is InChI=1S/C18H11Cl3N2O4/c19-11-4-5-14-12(6-11)18(25)10(8-26-14)7-22-23-16(24)9-27-15-3-1-2-13(20)17(15)21/h1-8H,9H2,(H,23,24)/b22-7-. The Morgan fingerprint density at radius 2 is 2.04 bits per heavy atom. The van der Waals surface area contributed by atoms with Gasteiger partial charge in [0.25, 0.3) is 5.91 Å². The summed E-state index contributed by atoms with van der Waals surface area (Å²) in [5, 5.41) is 4.98. The molecule has 0 aliphatic heterocycles. The Morgan fingerprint density at radius 1 is 1.22 bits per heavy atom. The lowest BCUT2D eigenvalue weighted by atomic mass is 10.2. The van der Waals surface area contributed by atoms with Crippen LogP contribution in [-0.2, 0) is 4.79 Å². The molecule has 6 nitrogen and oxygen atoms in total. The zero-order valence-corrected chi connectivity index (χ0v) is 15.8. The van der Waals surface area contributed by atoms with Crippen molar-refractivity contribution < 1.29 is 13.9 Å². The smallest absolute Gasteiger partial charge is 0.277 e. The molecule has 0 bridgehead atoms. The number of carbonyl (C=O) groups excluding carboxylic acids is 1. The maximum absolute atomic E-state index is 12.4. The number of hydrogen-bond acceptors (Lipinski definition) is 5. The van der Waals surface area contributed by atoms with Gasteiger partial charge in [0.1, 0.15) is 22.6 Å². The highest BCUT2D eigenvalue weighted by atomic mass is 35.5. The maximum Gasteiger partial charge on any atom is 0.277 e. The van der Waals surface area contributed by atoms with Gasteiger partial charge in [0, 0.05) is 5.02 Å². The minimum absolute atomic E-state index is 0.156. The molecule has 2 aromatic carbocycles. The lowest BCUT2D eigenvalue weighted by molar-refractivity contribution is -0.123. The highest BCUT2D eigenvalue weighted by Crippen LogP contribution is 2.31. The Hall–Kier alpha value is -2.54. The van der Waals surface area contributed by atoms with Crippen LogP contribution in [0.3, 0.4) is 0 Å². The largest absolute Gasteiger partial charge is 0.482 e. The van der Waals surface area contributed by atoms with Gasteiger partial charge in [-0.1, -0.05) is 40.9 Å². The molecule has 0 radical (unpaired) electrons. The molecule has 138 valence electrons. The van der Waals surface area contributed by atoms with Crippen molar-refractivity contribution in [3.8, 4) is 5.75 Å². The van der Waals surface area contributed by atoms with E-state index in [1.54, 1.807) is 30.3 Å². The Morgan fingerprint density at radius 3 is 2.85 bits per heavy atom. The van der Waals surface area contributed by atoms with Crippen LogP contribution in [0.15, 0.2) is 57.0 Å². The third kappa shape index (κ3) is 4.60. The van der Waals surface area contributed by atoms with Gasteiger partial charge in [0.15, 0.2) is 6.61 Å². The zero-order chi connectivity index (χ0) is 19.4. The van der Waals surface area contributed by atoms with Crippen LogP contribution >= 0.6 is 34.8 Å². The Kier molecular flexibility index (Phi) is 6.01. The molecule has 0 saturated carbocycles. The molecule has 0 fully saturated rings. The minimum Gasteiger partial charge on any atom is -0.482 e. The van der Waals surface area contributed by atoms with E-state index in [1.165, 1.54) is 18.5 Å². The Labute approximate surface area is 168 Å². The number of halogens is 3. The number of benzene rings is 2. The lowest BCUT2D eigenvalue weighted by Crippen LogP contribution is -2.25. The summed E-state index contributed by atoms with van der Waals surface area (Å²) in [4.78, 5) is 24.2. The van der Waals surface area contributed by atoms with E-state index in [0.717, 1.165) is 0 Å². The van der Waals surface area contributed by atoms with Crippen molar-refractivity contribution in [2.45, 2.75) is 0 Å². The normalized spacial score (nSPS) is 11.1. The van der Waals surface area contributed by atoms with E-state index in [1.807, 2.05) is 0 Å². The number of fused-ring (bicyclic) bond motifs is 1. The molecule has 27 heavy (non-hydrogen) atoms. The van der Waals surface area contributed by atoms with Crippen LogP contribution in [-0.4, -0.2) is 18.7 Å². The fourth-order valence-electron chi connectivity index (χ4n) is 2.15. The van der Waals surface area contributed by atoms with E-state index in [2.05, 4.69) is 10.5 Å². The molecule has 1 amide bonds. The van der Waals surface area contributed by atoms with Crippen LogP contribution in [0.4, 0.5) is 0 Å². The average molecular weight is 426 g/mol. The van der Waals surface area contributed by atoms with Gasteiger partial charge < -0.3 is 9.15 Å². The predicted molar refractivity (Wildman–Crippen MR) is 105 cm³/mol. The van der Waals surface area contributed by atoms with Crippen LogP contribution < -0.4 is 15.6 Å². The second-order valence-electron chi connectivity index (χ2n) is 5.29. The summed E-state index contributed by atoms with van der Waals surface area (Å²) in [6, 6.07) is 9.54.